The molecule has 2 heterocycles. The summed E-state index contributed by atoms with van der Waals surface area (Å²) in [6.45, 7) is 6.35. The van der Waals surface area contributed by atoms with Gasteiger partial charge in [-0.2, -0.15) is 0 Å². The fourth-order valence-electron chi connectivity index (χ4n) is 4.03. The number of aromatic hydroxyl groups is 1. The molecule has 26 heavy (non-hydrogen) atoms. The van der Waals surface area contributed by atoms with Crippen LogP contribution in [-0.2, 0) is 0 Å². The normalized spacial score (nSPS) is 18.0. The van der Waals surface area contributed by atoms with Crippen molar-refractivity contribution in [3.8, 4) is 5.75 Å². The Bertz CT molecular complexity index is 857. The number of aromatic nitrogens is 1. The Labute approximate surface area is 154 Å². The van der Waals surface area contributed by atoms with Crippen molar-refractivity contribution >= 4 is 11.4 Å². The van der Waals surface area contributed by atoms with Gasteiger partial charge < -0.3 is 9.67 Å². The number of aryl methyl sites for hydroxylation is 1. The average Bonchev–Trinajstić information content (AvgIpc) is 3.41. The summed E-state index contributed by atoms with van der Waals surface area (Å²) in [7, 11) is 0. The summed E-state index contributed by atoms with van der Waals surface area (Å²) in [6, 6.07) is 10.0. The molecular formula is C22H26N2O2. The molecule has 1 aliphatic heterocycles. The molecule has 136 valence electrons. The van der Waals surface area contributed by atoms with Crippen LogP contribution < -0.4 is 0 Å². The van der Waals surface area contributed by atoms with Gasteiger partial charge in [0.05, 0.1) is 6.54 Å². The van der Waals surface area contributed by atoms with E-state index in [0.717, 1.165) is 36.3 Å². The lowest BCUT2D eigenvalue weighted by molar-refractivity contribution is 0.0937. The number of Topliss-reactive ketones (excluding diaryl/α,β-unsaturated/α-hetero) is 1. The molecule has 1 aliphatic carbocycles. The molecule has 4 nitrogen and oxygen atoms in total. The summed E-state index contributed by atoms with van der Waals surface area (Å²) in [6.07, 6.45) is 5.61. The standard InChI is InChI=1S/C22H26N2O2/c1-15-13-21(16(2)24(15)19-5-6-19)22(26)14-23-11-9-18(10-12-23)17-3-7-20(25)8-4-17/h3-4,7-9,13,19,25H,5-6,10-12,14H2,1-2H3. The predicted molar refractivity (Wildman–Crippen MR) is 104 cm³/mol. The highest BCUT2D eigenvalue weighted by Gasteiger charge is 2.28. The number of ketones is 1. The summed E-state index contributed by atoms with van der Waals surface area (Å²) in [4.78, 5) is 15.0. The number of phenols is 1. The van der Waals surface area contributed by atoms with Crippen LogP contribution in [0.3, 0.4) is 0 Å². The van der Waals surface area contributed by atoms with E-state index in [1.165, 1.54) is 24.1 Å². The number of benzene rings is 1. The van der Waals surface area contributed by atoms with Crippen molar-refractivity contribution in [3.63, 3.8) is 0 Å². The Morgan fingerprint density at radius 2 is 1.92 bits per heavy atom. The third-order valence-electron chi connectivity index (χ3n) is 5.60. The zero-order valence-corrected chi connectivity index (χ0v) is 15.5. The van der Waals surface area contributed by atoms with Gasteiger partial charge in [-0.15, -0.1) is 0 Å². The largest absolute Gasteiger partial charge is 0.508 e. The maximum Gasteiger partial charge on any atom is 0.178 e. The third kappa shape index (κ3) is 3.34. The van der Waals surface area contributed by atoms with Crippen molar-refractivity contribution in [3.05, 3.63) is 58.9 Å². The van der Waals surface area contributed by atoms with Gasteiger partial charge in [-0.3, -0.25) is 9.69 Å². The van der Waals surface area contributed by atoms with Crippen LogP contribution in [0.2, 0.25) is 0 Å². The number of hydrogen-bond acceptors (Lipinski definition) is 3. The van der Waals surface area contributed by atoms with Crippen LogP contribution in [0.15, 0.2) is 36.4 Å². The van der Waals surface area contributed by atoms with Crippen molar-refractivity contribution in [2.24, 2.45) is 0 Å². The van der Waals surface area contributed by atoms with E-state index in [2.05, 4.69) is 35.5 Å². The van der Waals surface area contributed by atoms with E-state index < -0.39 is 0 Å². The van der Waals surface area contributed by atoms with Gasteiger partial charge in [0.2, 0.25) is 0 Å². The van der Waals surface area contributed by atoms with E-state index >= 15 is 0 Å². The lowest BCUT2D eigenvalue weighted by Gasteiger charge is -2.25. The van der Waals surface area contributed by atoms with Crippen molar-refractivity contribution in [1.29, 1.82) is 0 Å². The molecule has 0 spiro atoms. The first-order chi connectivity index (χ1) is 12.5. The first-order valence-electron chi connectivity index (χ1n) is 9.45. The second-order valence-electron chi connectivity index (χ2n) is 7.57. The molecular weight excluding hydrogens is 324 g/mol. The minimum absolute atomic E-state index is 0.228. The van der Waals surface area contributed by atoms with Gasteiger partial charge in [-0.05, 0) is 62.4 Å². The number of hydrogen-bond donors (Lipinski definition) is 1. The molecule has 4 rings (SSSR count). The highest BCUT2D eigenvalue weighted by atomic mass is 16.3. The second kappa shape index (κ2) is 6.76. The van der Waals surface area contributed by atoms with E-state index in [1.54, 1.807) is 12.1 Å². The topological polar surface area (TPSA) is 45.5 Å². The molecule has 0 unspecified atom stereocenters. The lowest BCUT2D eigenvalue weighted by Crippen LogP contribution is -2.33. The van der Waals surface area contributed by atoms with E-state index in [-0.39, 0.29) is 5.78 Å². The highest BCUT2D eigenvalue weighted by molar-refractivity contribution is 5.99. The van der Waals surface area contributed by atoms with Crippen molar-refractivity contribution in [1.82, 2.24) is 9.47 Å². The molecule has 1 saturated carbocycles. The summed E-state index contributed by atoms with van der Waals surface area (Å²) < 4.78 is 2.34. The minimum Gasteiger partial charge on any atom is -0.508 e. The molecule has 1 aromatic carbocycles. The Kier molecular flexibility index (Phi) is 4.45. The maximum absolute atomic E-state index is 12.8. The van der Waals surface area contributed by atoms with E-state index in [0.29, 0.717) is 18.3 Å². The van der Waals surface area contributed by atoms with Gasteiger partial charge >= 0.3 is 0 Å². The number of nitrogens with zero attached hydrogens (tertiary/aromatic N) is 2. The smallest absolute Gasteiger partial charge is 0.178 e. The van der Waals surface area contributed by atoms with Crippen molar-refractivity contribution < 1.29 is 9.90 Å². The Hall–Kier alpha value is -2.33. The van der Waals surface area contributed by atoms with Gasteiger partial charge in [-0.1, -0.05) is 18.2 Å². The first-order valence-corrected chi connectivity index (χ1v) is 9.45. The number of carbonyl (C=O) groups is 1. The van der Waals surface area contributed by atoms with Gasteiger partial charge in [0.1, 0.15) is 5.75 Å². The molecule has 4 heteroatoms. The zero-order chi connectivity index (χ0) is 18.3. The zero-order valence-electron chi connectivity index (χ0n) is 15.5. The summed E-state index contributed by atoms with van der Waals surface area (Å²) >= 11 is 0. The number of phenolic OH excluding ortho intramolecular Hbond substituents is 1. The monoisotopic (exact) mass is 350 g/mol. The number of rotatable bonds is 5. The molecule has 1 aromatic heterocycles. The maximum atomic E-state index is 12.8. The molecule has 0 bridgehead atoms. The molecule has 0 atom stereocenters. The van der Waals surface area contributed by atoms with Crippen LogP contribution in [0.4, 0.5) is 0 Å². The summed E-state index contributed by atoms with van der Waals surface area (Å²) in [5.41, 5.74) is 5.68. The van der Waals surface area contributed by atoms with E-state index in [1.807, 2.05) is 12.1 Å². The van der Waals surface area contributed by atoms with Crippen LogP contribution in [0.1, 0.15) is 52.6 Å². The first kappa shape index (κ1) is 17.1. The molecule has 0 saturated heterocycles. The quantitative estimate of drug-likeness (QED) is 0.825. The van der Waals surface area contributed by atoms with Gasteiger partial charge in [0, 0.05) is 36.1 Å². The fraction of sp³-hybridized carbons (Fsp3) is 0.409. The SMILES string of the molecule is Cc1cc(C(=O)CN2CC=C(c3ccc(O)cc3)CC2)c(C)n1C1CC1. The fourth-order valence-corrected chi connectivity index (χ4v) is 4.03. The third-order valence-corrected chi connectivity index (χ3v) is 5.60. The van der Waals surface area contributed by atoms with Gasteiger partial charge in [0.25, 0.3) is 0 Å². The summed E-state index contributed by atoms with van der Waals surface area (Å²) in [5, 5.41) is 9.42. The molecule has 2 aromatic rings. The second-order valence-corrected chi connectivity index (χ2v) is 7.57. The lowest BCUT2D eigenvalue weighted by atomic mass is 9.99. The highest BCUT2D eigenvalue weighted by Crippen LogP contribution is 2.38. The average molecular weight is 350 g/mol. The molecule has 2 aliphatic rings. The van der Waals surface area contributed by atoms with E-state index in [9.17, 15) is 9.90 Å². The minimum atomic E-state index is 0.228. The van der Waals surface area contributed by atoms with Gasteiger partial charge in [-0.25, -0.2) is 0 Å². The van der Waals surface area contributed by atoms with Crippen LogP contribution >= 0.6 is 0 Å². The molecule has 1 fully saturated rings. The van der Waals surface area contributed by atoms with Crippen LogP contribution in [0, 0.1) is 13.8 Å². The Balaban J connectivity index is 1.42. The summed E-state index contributed by atoms with van der Waals surface area (Å²) in [5.74, 6) is 0.521. The van der Waals surface area contributed by atoms with Crippen LogP contribution in [0.25, 0.3) is 5.57 Å². The molecule has 0 radical (unpaired) electrons. The van der Waals surface area contributed by atoms with Crippen molar-refractivity contribution in [2.45, 2.75) is 39.2 Å². The number of carbonyl (C=O) groups excluding carboxylic acids is 1. The van der Waals surface area contributed by atoms with Gasteiger partial charge in [0.15, 0.2) is 5.78 Å². The van der Waals surface area contributed by atoms with E-state index in [4.69, 9.17) is 0 Å². The van der Waals surface area contributed by atoms with Crippen molar-refractivity contribution in [2.75, 3.05) is 19.6 Å². The van der Waals surface area contributed by atoms with Crippen LogP contribution in [0.5, 0.6) is 5.75 Å². The molecule has 0 amide bonds. The predicted octanol–water partition coefficient (Wildman–Crippen LogP) is 4.12. The molecule has 1 N–H and O–H groups in total. The Morgan fingerprint density at radius 3 is 2.54 bits per heavy atom. The Morgan fingerprint density at radius 1 is 1.19 bits per heavy atom. The van der Waals surface area contributed by atoms with Crippen LogP contribution in [-0.4, -0.2) is 40.0 Å².